The third-order valence-corrected chi connectivity index (χ3v) is 4.86. The minimum atomic E-state index is -1.82. The van der Waals surface area contributed by atoms with Crippen LogP contribution in [0.5, 0.6) is 0 Å². The van der Waals surface area contributed by atoms with Crippen LogP contribution in [0, 0.1) is 0 Å². The van der Waals surface area contributed by atoms with Crippen LogP contribution in [-0.2, 0) is 18.9 Å². The second-order valence-corrected chi connectivity index (χ2v) is 6.75. The lowest BCUT2D eigenvalue weighted by Crippen LogP contribution is -2.61. The Morgan fingerprint density at radius 3 is 2.15 bits per heavy atom. The molecular formula is C16H30O11. The molecule has 11 nitrogen and oxygen atoms in total. The quantitative estimate of drug-likeness (QED) is 0.191. The van der Waals surface area contributed by atoms with Gasteiger partial charge in [-0.1, -0.05) is 13.3 Å². The van der Waals surface area contributed by atoms with Crippen molar-refractivity contribution < 1.29 is 54.7 Å². The number of hydrogen-bond acceptors (Lipinski definition) is 11. The summed E-state index contributed by atoms with van der Waals surface area (Å²) in [6.45, 7) is 0.196. The van der Waals surface area contributed by atoms with Gasteiger partial charge in [0.2, 0.25) is 5.79 Å². The number of aliphatic hydroxyl groups is 7. The summed E-state index contributed by atoms with van der Waals surface area (Å²) in [4.78, 5) is 0. The molecule has 0 amide bonds. The van der Waals surface area contributed by atoms with E-state index in [1.807, 2.05) is 6.92 Å². The normalized spacial score (nSPS) is 45.3. The predicted octanol–water partition coefficient (Wildman–Crippen LogP) is -3.57. The van der Waals surface area contributed by atoms with Gasteiger partial charge >= 0.3 is 0 Å². The third kappa shape index (κ3) is 4.60. The fraction of sp³-hybridized carbons (Fsp3) is 1.00. The van der Waals surface area contributed by atoms with Crippen LogP contribution in [0.2, 0.25) is 0 Å². The van der Waals surface area contributed by atoms with E-state index in [4.69, 9.17) is 18.9 Å². The van der Waals surface area contributed by atoms with Crippen LogP contribution in [0.4, 0.5) is 0 Å². The molecule has 11 heteroatoms. The fourth-order valence-corrected chi connectivity index (χ4v) is 3.17. The molecule has 2 rings (SSSR count). The topological polar surface area (TPSA) is 179 Å². The first-order valence-electron chi connectivity index (χ1n) is 9.02. The zero-order chi connectivity index (χ0) is 20.2. The van der Waals surface area contributed by atoms with E-state index in [1.54, 1.807) is 0 Å². The molecular weight excluding hydrogens is 368 g/mol. The average Bonchev–Trinajstić information content (AvgIpc) is 2.94. The number of hydrogen-bond donors (Lipinski definition) is 7. The van der Waals surface area contributed by atoms with Crippen molar-refractivity contribution in [3.05, 3.63) is 0 Å². The maximum Gasteiger partial charge on any atom is 0.221 e. The first-order chi connectivity index (χ1) is 12.8. The van der Waals surface area contributed by atoms with Gasteiger partial charge in [-0.25, -0.2) is 0 Å². The minimum Gasteiger partial charge on any atom is -0.394 e. The largest absolute Gasteiger partial charge is 0.394 e. The number of aliphatic hydroxyl groups excluding tert-OH is 7. The van der Waals surface area contributed by atoms with Gasteiger partial charge < -0.3 is 54.7 Å². The molecule has 9 atom stereocenters. The lowest BCUT2D eigenvalue weighted by Gasteiger charge is -2.41. The van der Waals surface area contributed by atoms with Crippen molar-refractivity contribution in [2.45, 2.75) is 74.6 Å². The van der Waals surface area contributed by atoms with Crippen molar-refractivity contribution in [2.75, 3.05) is 26.4 Å². The van der Waals surface area contributed by atoms with Crippen LogP contribution < -0.4 is 0 Å². The van der Waals surface area contributed by atoms with E-state index in [-0.39, 0.29) is 6.61 Å². The fourth-order valence-electron chi connectivity index (χ4n) is 3.17. The molecule has 0 spiro atoms. The van der Waals surface area contributed by atoms with E-state index in [9.17, 15) is 35.7 Å². The van der Waals surface area contributed by atoms with Gasteiger partial charge in [0.15, 0.2) is 6.29 Å². The molecule has 0 saturated carbocycles. The second kappa shape index (κ2) is 9.85. The molecule has 27 heavy (non-hydrogen) atoms. The molecule has 2 fully saturated rings. The Bertz CT molecular complexity index is 450. The number of rotatable bonds is 9. The molecule has 0 aromatic heterocycles. The molecule has 160 valence electrons. The first kappa shape index (κ1) is 22.8. The zero-order valence-corrected chi connectivity index (χ0v) is 15.1. The van der Waals surface area contributed by atoms with Gasteiger partial charge in [-0.3, -0.25) is 0 Å². The summed E-state index contributed by atoms with van der Waals surface area (Å²) < 4.78 is 21.8. The molecule has 2 aliphatic heterocycles. The maximum absolute atomic E-state index is 10.6. The van der Waals surface area contributed by atoms with Crippen LogP contribution in [-0.4, -0.2) is 117 Å². The lowest BCUT2D eigenvalue weighted by molar-refractivity contribution is -0.319. The smallest absolute Gasteiger partial charge is 0.221 e. The Morgan fingerprint density at radius 2 is 1.59 bits per heavy atom. The molecule has 2 saturated heterocycles. The van der Waals surface area contributed by atoms with E-state index in [0.717, 1.165) is 6.42 Å². The lowest BCUT2D eigenvalue weighted by atomic mass is 9.99. The Balaban J connectivity index is 2.13. The van der Waals surface area contributed by atoms with Crippen LogP contribution in [0.15, 0.2) is 0 Å². The molecule has 0 aromatic carbocycles. The molecule has 0 bridgehead atoms. The Hall–Kier alpha value is -0.440. The Morgan fingerprint density at radius 1 is 0.926 bits per heavy atom. The standard InChI is InChI=1S/C16H30O11/c1-2-3-4-24-16(7-19)14(23)13(9(6-18)27-16)26-15-12(22)11(21)10(20)8(5-17)25-15/h8-15,17-23H,2-7H2,1H3/t8-,9-,10+,11+,12-,13-,14+,15+,16-/m1/s1. The highest BCUT2D eigenvalue weighted by atomic mass is 16.8. The summed E-state index contributed by atoms with van der Waals surface area (Å²) in [7, 11) is 0. The van der Waals surface area contributed by atoms with E-state index in [1.165, 1.54) is 0 Å². The van der Waals surface area contributed by atoms with Crippen molar-refractivity contribution >= 4 is 0 Å². The van der Waals surface area contributed by atoms with Gasteiger partial charge in [0, 0.05) is 0 Å². The van der Waals surface area contributed by atoms with Crippen LogP contribution in [0.25, 0.3) is 0 Å². The highest BCUT2D eigenvalue weighted by molar-refractivity contribution is 4.99. The van der Waals surface area contributed by atoms with Crippen molar-refractivity contribution in [3.8, 4) is 0 Å². The highest BCUT2D eigenvalue weighted by Gasteiger charge is 2.58. The molecule has 0 aromatic rings. The molecule has 2 heterocycles. The van der Waals surface area contributed by atoms with Crippen molar-refractivity contribution in [2.24, 2.45) is 0 Å². The van der Waals surface area contributed by atoms with Crippen LogP contribution in [0.1, 0.15) is 19.8 Å². The summed E-state index contributed by atoms with van der Waals surface area (Å²) >= 11 is 0. The van der Waals surface area contributed by atoms with Gasteiger partial charge in [-0.15, -0.1) is 0 Å². The average molecular weight is 398 g/mol. The van der Waals surface area contributed by atoms with Crippen molar-refractivity contribution in [1.29, 1.82) is 0 Å². The van der Waals surface area contributed by atoms with E-state index in [0.29, 0.717) is 6.42 Å². The molecule has 0 unspecified atom stereocenters. The minimum absolute atomic E-state index is 0.193. The third-order valence-electron chi connectivity index (χ3n) is 4.86. The van der Waals surface area contributed by atoms with E-state index < -0.39 is 74.6 Å². The summed E-state index contributed by atoms with van der Waals surface area (Å²) in [5.74, 6) is -1.82. The van der Waals surface area contributed by atoms with Gasteiger partial charge in [0.05, 0.1) is 19.8 Å². The van der Waals surface area contributed by atoms with Crippen molar-refractivity contribution in [3.63, 3.8) is 0 Å². The van der Waals surface area contributed by atoms with Gasteiger partial charge in [0.25, 0.3) is 0 Å². The SMILES string of the molecule is CCCCO[C@]1(CO)O[C@H](CO)[C@@H](O[C@@H]2O[C@H](CO)[C@H](O)[C@H](O)[C@H]2O)[C@@H]1O. The van der Waals surface area contributed by atoms with Crippen LogP contribution in [0.3, 0.4) is 0 Å². The van der Waals surface area contributed by atoms with Crippen molar-refractivity contribution in [1.82, 2.24) is 0 Å². The second-order valence-electron chi connectivity index (χ2n) is 6.75. The Kier molecular flexibility index (Phi) is 8.34. The van der Waals surface area contributed by atoms with Gasteiger partial charge in [0.1, 0.15) is 49.3 Å². The molecule has 0 radical (unpaired) electrons. The monoisotopic (exact) mass is 398 g/mol. The van der Waals surface area contributed by atoms with E-state index >= 15 is 0 Å². The number of ether oxygens (including phenoxy) is 4. The molecule has 2 aliphatic rings. The zero-order valence-electron chi connectivity index (χ0n) is 15.1. The van der Waals surface area contributed by atoms with Crippen LogP contribution >= 0.6 is 0 Å². The van der Waals surface area contributed by atoms with Gasteiger partial charge in [-0.05, 0) is 6.42 Å². The number of unbranched alkanes of at least 4 members (excludes halogenated alkanes) is 1. The summed E-state index contributed by atoms with van der Waals surface area (Å²) in [5, 5.41) is 68.8. The summed E-state index contributed by atoms with van der Waals surface area (Å²) in [6, 6.07) is 0. The molecule has 7 N–H and O–H groups in total. The summed E-state index contributed by atoms with van der Waals surface area (Å²) in [5.41, 5.74) is 0. The highest BCUT2D eigenvalue weighted by Crippen LogP contribution is 2.36. The Labute approximate surface area is 156 Å². The maximum atomic E-state index is 10.6. The van der Waals surface area contributed by atoms with E-state index in [2.05, 4.69) is 0 Å². The van der Waals surface area contributed by atoms with Gasteiger partial charge in [-0.2, -0.15) is 0 Å². The first-order valence-corrected chi connectivity index (χ1v) is 9.02. The molecule has 0 aliphatic carbocycles. The predicted molar refractivity (Wildman–Crippen MR) is 87.3 cm³/mol. The summed E-state index contributed by atoms with van der Waals surface area (Å²) in [6.07, 6.45) is -10.1.